The predicted molar refractivity (Wildman–Crippen MR) is 92.3 cm³/mol. The van der Waals surface area contributed by atoms with E-state index in [0.717, 1.165) is 29.6 Å². The van der Waals surface area contributed by atoms with Gasteiger partial charge in [-0.2, -0.15) is 0 Å². The van der Waals surface area contributed by atoms with Crippen LogP contribution in [0.3, 0.4) is 0 Å². The molecule has 0 amide bonds. The van der Waals surface area contributed by atoms with Crippen molar-refractivity contribution in [2.75, 3.05) is 0 Å². The molecule has 0 aromatic heterocycles. The third-order valence-corrected chi connectivity index (χ3v) is 8.10. The first-order chi connectivity index (χ1) is 10.1. The molecule has 3 saturated carbocycles. The van der Waals surface area contributed by atoms with Crippen molar-refractivity contribution >= 4 is 0 Å². The maximum absolute atomic E-state index is 2.61. The monoisotopic (exact) mass is 290 g/mol. The van der Waals surface area contributed by atoms with E-state index in [-0.39, 0.29) is 0 Å². The first kappa shape index (κ1) is 15.9. The fourth-order valence-electron chi connectivity index (χ4n) is 5.24. The molecule has 0 heteroatoms. The zero-order valence-electron chi connectivity index (χ0n) is 14.9. The minimum atomic E-state index is 0.698. The van der Waals surface area contributed by atoms with Gasteiger partial charge in [0.1, 0.15) is 0 Å². The minimum Gasteiger partial charge on any atom is -0.0622 e. The van der Waals surface area contributed by atoms with E-state index in [1.807, 2.05) is 0 Å². The topological polar surface area (TPSA) is 0 Å². The summed E-state index contributed by atoms with van der Waals surface area (Å²) in [6.45, 7) is 7.76. The highest BCUT2D eigenvalue weighted by Gasteiger charge is 2.41. The van der Waals surface area contributed by atoms with Crippen LogP contribution in [0.1, 0.15) is 97.8 Å². The molecule has 0 aromatic rings. The fourth-order valence-corrected chi connectivity index (χ4v) is 5.24. The molecule has 3 aliphatic carbocycles. The summed E-state index contributed by atoms with van der Waals surface area (Å²) in [6, 6.07) is 0. The lowest BCUT2D eigenvalue weighted by atomic mass is 9.57. The van der Waals surface area contributed by atoms with E-state index < -0.39 is 0 Å². The Morgan fingerprint density at radius 2 is 1.62 bits per heavy atom. The van der Waals surface area contributed by atoms with E-state index in [2.05, 4.69) is 20.8 Å². The molecule has 3 atom stereocenters. The summed E-state index contributed by atoms with van der Waals surface area (Å²) in [5.41, 5.74) is 0.698. The Bertz CT molecular complexity index is 319. The van der Waals surface area contributed by atoms with E-state index >= 15 is 0 Å². The Kier molecular flexibility index (Phi) is 5.01. The maximum atomic E-state index is 2.61. The van der Waals surface area contributed by atoms with Crippen molar-refractivity contribution in [3.05, 3.63) is 0 Å². The second-order valence-corrected chi connectivity index (χ2v) is 9.33. The summed E-state index contributed by atoms with van der Waals surface area (Å²) in [7, 11) is 0. The van der Waals surface area contributed by atoms with Gasteiger partial charge in [-0.3, -0.25) is 0 Å². The predicted octanol–water partition coefficient (Wildman–Crippen LogP) is 6.84. The lowest BCUT2D eigenvalue weighted by Crippen LogP contribution is -2.38. The smallest absolute Gasteiger partial charge is 0.0298 e. The highest BCUT2D eigenvalue weighted by Crippen LogP contribution is 2.52. The normalized spacial score (nSPS) is 29.9. The molecular formula is C21H38. The Hall–Kier alpha value is 0. The summed E-state index contributed by atoms with van der Waals surface area (Å²) in [5.74, 6) is 5.17. The van der Waals surface area contributed by atoms with Gasteiger partial charge in [0.25, 0.3) is 0 Å². The van der Waals surface area contributed by atoms with Crippen LogP contribution in [0.5, 0.6) is 0 Å². The summed E-state index contributed by atoms with van der Waals surface area (Å²) >= 11 is 0. The van der Waals surface area contributed by atoms with Crippen molar-refractivity contribution in [3.8, 4) is 0 Å². The van der Waals surface area contributed by atoms with Gasteiger partial charge in [0, 0.05) is 0 Å². The molecule has 0 radical (unpaired) electrons. The van der Waals surface area contributed by atoms with Gasteiger partial charge in [0.2, 0.25) is 0 Å². The average molecular weight is 291 g/mol. The third-order valence-electron chi connectivity index (χ3n) is 8.10. The lowest BCUT2D eigenvalue weighted by Gasteiger charge is -2.48. The Morgan fingerprint density at radius 1 is 0.952 bits per heavy atom. The van der Waals surface area contributed by atoms with Gasteiger partial charge in [-0.05, 0) is 60.7 Å². The molecular weight excluding hydrogens is 252 g/mol. The first-order valence-corrected chi connectivity index (χ1v) is 10.1. The SMILES string of the molecule is CC(CC(CCC1CCC1)C(C)C1(C)CCC1)C1CCC1. The van der Waals surface area contributed by atoms with Gasteiger partial charge in [0.15, 0.2) is 0 Å². The fraction of sp³-hybridized carbons (Fsp3) is 1.00. The quantitative estimate of drug-likeness (QED) is 0.459. The van der Waals surface area contributed by atoms with Gasteiger partial charge in [-0.1, -0.05) is 72.1 Å². The molecule has 0 heterocycles. The zero-order chi connectivity index (χ0) is 14.9. The average Bonchev–Trinajstić information content (AvgIpc) is 2.29. The summed E-state index contributed by atoms with van der Waals surface area (Å²) in [4.78, 5) is 0. The molecule has 122 valence electrons. The molecule has 3 unspecified atom stereocenters. The Labute approximate surface area is 133 Å². The Balaban J connectivity index is 1.55. The number of hydrogen-bond donors (Lipinski definition) is 0. The number of rotatable bonds is 8. The van der Waals surface area contributed by atoms with Gasteiger partial charge < -0.3 is 0 Å². The molecule has 3 aliphatic rings. The van der Waals surface area contributed by atoms with E-state index in [4.69, 9.17) is 0 Å². The Morgan fingerprint density at radius 3 is 2.05 bits per heavy atom. The van der Waals surface area contributed by atoms with E-state index in [1.54, 1.807) is 12.8 Å². The van der Waals surface area contributed by atoms with Crippen molar-refractivity contribution in [1.29, 1.82) is 0 Å². The standard InChI is InChI=1S/C21H38/c1-16(19-9-5-10-19)15-20(12-11-18-7-4-8-18)17(2)21(3)13-6-14-21/h16-20H,4-15H2,1-3H3. The summed E-state index contributed by atoms with van der Waals surface area (Å²) in [6.07, 6.45) is 18.3. The van der Waals surface area contributed by atoms with Crippen molar-refractivity contribution < 1.29 is 0 Å². The van der Waals surface area contributed by atoms with Crippen LogP contribution >= 0.6 is 0 Å². The highest BCUT2D eigenvalue weighted by atomic mass is 14.5. The van der Waals surface area contributed by atoms with Crippen LogP contribution in [-0.2, 0) is 0 Å². The van der Waals surface area contributed by atoms with Crippen molar-refractivity contribution in [2.24, 2.45) is 35.0 Å². The largest absolute Gasteiger partial charge is 0.0622 e. The first-order valence-electron chi connectivity index (χ1n) is 10.1. The van der Waals surface area contributed by atoms with E-state index in [1.165, 1.54) is 64.2 Å². The molecule has 0 aromatic carbocycles. The van der Waals surface area contributed by atoms with Crippen molar-refractivity contribution in [3.63, 3.8) is 0 Å². The molecule has 0 aliphatic heterocycles. The summed E-state index contributed by atoms with van der Waals surface area (Å²) < 4.78 is 0. The summed E-state index contributed by atoms with van der Waals surface area (Å²) in [5, 5.41) is 0. The van der Waals surface area contributed by atoms with Crippen molar-refractivity contribution in [1.82, 2.24) is 0 Å². The highest BCUT2D eigenvalue weighted by molar-refractivity contribution is 4.92. The van der Waals surface area contributed by atoms with Crippen LogP contribution in [0.25, 0.3) is 0 Å². The molecule has 0 nitrogen and oxygen atoms in total. The van der Waals surface area contributed by atoms with Crippen LogP contribution in [0.2, 0.25) is 0 Å². The molecule has 0 saturated heterocycles. The van der Waals surface area contributed by atoms with Gasteiger partial charge in [0.05, 0.1) is 0 Å². The van der Waals surface area contributed by atoms with Crippen LogP contribution in [0.4, 0.5) is 0 Å². The van der Waals surface area contributed by atoms with E-state index in [9.17, 15) is 0 Å². The van der Waals surface area contributed by atoms with Gasteiger partial charge in [-0.15, -0.1) is 0 Å². The third kappa shape index (κ3) is 3.50. The maximum Gasteiger partial charge on any atom is -0.0298 e. The number of hydrogen-bond acceptors (Lipinski definition) is 0. The molecule has 0 bridgehead atoms. The molecule has 0 spiro atoms. The minimum absolute atomic E-state index is 0.698. The molecule has 3 rings (SSSR count). The molecule has 3 fully saturated rings. The molecule has 0 N–H and O–H groups in total. The second kappa shape index (κ2) is 6.63. The van der Waals surface area contributed by atoms with Crippen LogP contribution in [0.15, 0.2) is 0 Å². The van der Waals surface area contributed by atoms with E-state index in [0.29, 0.717) is 5.41 Å². The van der Waals surface area contributed by atoms with Gasteiger partial charge in [-0.25, -0.2) is 0 Å². The van der Waals surface area contributed by atoms with Crippen LogP contribution < -0.4 is 0 Å². The lowest BCUT2D eigenvalue weighted by molar-refractivity contribution is 0.0219. The van der Waals surface area contributed by atoms with Crippen LogP contribution in [0, 0.1) is 35.0 Å². The van der Waals surface area contributed by atoms with Gasteiger partial charge >= 0.3 is 0 Å². The molecule has 21 heavy (non-hydrogen) atoms. The van der Waals surface area contributed by atoms with Crippen LogP contribution in [-0.4, -0.2) is 0 Å². The second-order valence-electron chi connectivity index (χ2n) is 9.33. The zero-order valence-corrected chi connectivity index (χ0v) is 14.9. The van der Waals surface area contributed by atoms with Crippen molar-refractivity contribution in [2.45, 2.75) is 97.8 Å².